The Hall–Kier alpha value is -2.58. The highest BCUT2D eigenvalue weighted by Gasteiger charge is 2.12. The predicted octanol–water partition coefficient (Wildman–Crippen LogP) is -0.168. The van der Waals surface area contributed by atoms with Crippen LogP contribution in [0, 0.1) is 6.92 Å². The van der Waals surface area contributed by atoms with Gasteiger partial charge in [-0.2, -0.15) is 4.98 Å². The second kappa shape index (κ2) is 5.59. The first-order chi connectivity index (χ1) is 9.52. The first kappa shape index (κ1) is 13.8. The number of nitrogen functional groups attached to an aromatic ring is 1. The first-order valence-electron chi connectivity index (χ1n) is 6.18. The van der Waals surface area contributed by atoms with Gasteiger partial charge in [0.05, 0.1) is 6.54 Å². The summed E-state index contributed by atoms with van der Waals surface area (Å²) >= 11 is 0. The van der Waals surface area contributed by atoms with Crippen LogP contribution in [0.25, 0.3) is 0 Å². The van der Waals surface area contributed by atoms with Crippen LogP contribution in [0.2, 0.25) is 0 Å². The summed E-state index contributed by atoms with van der Waals surface area (Å²) in [5.41, 5.74) is 4.89. The number of aromatic nitrogens is 4. The molecule has 0 aliphatic heterocycles. The summed E-state index contributed by atoms with van der Waals surface area (Å²) in [5, 5.41) is 6.52. The maximum absolute atomic E-state index is 11.8. The highest BCUT2D eigenvalue weighted by Crippen LogP contribution is 2.11. The molecule has 9 heteroatoms. The highest BCUT2D eigenvalue weighted by atomic mass is 16.5. The molecule has 20 heavy (non-hydrogen) atoms. The van der Waals surface area contributed by atoms with Gasteiger partial charge in [0.2, 0.25) is 5.89 Å². The van der Waals surface area contributed by atoms with Gasteiger partial charge < -0.3 is 15.6 Å². The Morgan fingerprint density at radius 3 is 2.80 bits per heavy atom. The van der Waals surface area contributed by atoms with E-state index in [-0.39, 0.29) is 18.1 Å². The number of nitrogens with one attached hydrogen (secondary N) is 2. The summed E-state index contributed by atoms with van der Waals surface area (Å²) < 4.78 is 6.13. The minimum atomic E-state index is -0.569. The van der Waals surface area contributed by atoms with Crippen molar-refractivity contribution in [1.82, 2.24) is 19.7 Å². The van der Waals surface area contributed by atoms with Gasteiger partial charge in [-0.3, -0.25) is 14.3 Å². The van der Waals surface area contributed by atoms with Gasteiger partial charge in [-0.1, -0.05) is 12.1 Å². The number of hydrogen-bond donors (Lipinski definition) is 3. The Balaban J connectivity index is 2.29. The molecule has 0 bridgehead atoms. The molecule has 0 spiro atoms. The zero-order chi connectivity index (χ0) is 14.7. The summed E-state index contributed by atoms with van der Waals surface area (Å²) in [7, 11) is 0. The molecule has 0 aliphatic carbocycles. The molecular weight excluding hydrogens is 264 g/mol. The van der Waals surface area contributed by atoms with E-state index >= 15 is 0 Å². The highest BCUT2D eigenvalue weighted by molar-refractivity contribution is 5.60. The van der Waals surface area contributed by atoms with Crippen molar-refractivity contribution >= 4 is 11.5 Å². The largest absolute Gasteiger partial charge is 0.383 e. The molecule has 0 amide bonds. The number of hydrogen-bond acceptors (Lipinski definition) is 7. The van der Waals surface area contributed by atoms with Gasteiger partial charge in [0.15, 0.2) is 5.82 Å². The maximum Gasteiger partial charge on any atom is 0.330 e. The summed E-state index contributed by atoms with van der Waals surface area (Å²) in [6.45, 7) is 4.18. The fraction of sp³-hybridized carbons (Fsp3) is 0.455. The first-order valence-corrected chi connectivity index (χ1v) is 6.18. The lowest BCUT2D eigenvalue weighted by Crippen LogP contribution is -2.34. The number of anilines is 2. The van der Waals surface area contributed by atoms with Gasteiger partial charge in [-0.15, -0.1) is 0 Å². The number of nitrogens with zero attached hydrogens (tertiary/aromatic N) is 3. The van der Waals surface area contributed by atoms with E-state index in [4.69, 9.17) is 10.3 Å². The van der Waals surface area contributed by atoms with E-state index in [1.54, 1.807) is 6.92 Å². The van der Waals surface area contributed by atoms with Crippen LogP contribution in [0.4, 0.5) is 11.5 Å². The SMILES string of the molecule is CCCn1c(N)c(NCc2noc(C)n2)c(=O)[nH]c1=O. The van der Waals surface area contributed by atoms with Crippen molar-refractivity contribution in [2.75, 3.05) is 11.1 Å². The van der Waals surface area contributed by atoms with Gasteiger partial charge >= 0.3 is 5.69 Å². The summed E-state index contributed by atoms with van der Waals surface area (Å²) in [4.78, 5) is 29.6. The standard InChI is InChI=1S/C11H16N6O3/c1-3-4-17-9(12)8(10(18)15-11(17)19)13-5-7-14-6(2)20-16-7/h13H,3-5,12H2,1-2H3,(H,15,18,19). The van der Waals surface area contributed by atoms with Gasteiger partial charge in [-0.05, 0) is 6.42 Å². The molecule has 0 fully saturated rings. The zero-order valence-corrected chi connectivity index (χ0v) is 11.3. The third-order valence-corrected chi connectivity index (χ3v) is 2.68. The van der Waals surface area contributed by atoms with Crippen LogP contribution >= 0.6 is 0 Å². The molecule has 2 aromatic heterocycles. The predicted molar refractivity (Wildman–Crippen MR) is 72.4 cm³/mol. The third-order valence-electron chi connectivity index (χ3n) is 2.68. The van der Waals surface area contributed by atoms with Crippen LogP contribution < -0.4 is 22.3 Å². The molecule has 4 N–H and O–H groups in total. The van der Waals surface area contributed by atoms with Crippen LogP contribution in [0.1, 0.15) is 25.1 Å². The van der Waals surface area contributed by atoms with E-state index in [9.17, 15) is 9.59 Å². The lowest BCUT2D eigenvalue weighted by atomic mass is 10.4. The van der Waals surface area contributed by atoms with E-state index in [1.165, 1.54) is 4.57 Å². The molecule has 0 aliphatic rings. The number of H-pyrrole nitrogens is 1. The monoisotopic (exact) mass is 280 g/mol. The lowest BCUT2D eigenvalue weighted by molar-refractivity contribution is 0.388. The van der Waals surface area contributed by atoms with Crippen molar-refractivity contribution in [3.05, 3.63) is 32.6 Å². The summed E-state index contributed by atoms with van der Waals surface area (Å²) in [6.07, 6.45) is 0.722. The third kappa shape index (κ3) is 2.71. The number of aryl methyl sites for hydroxylation is 1. The number of rotatable bonds is 5. The Morgan fingerprint density at radius 2 is 2.20 bits per heavy atom. The van der Waals surface area contributed by atoms with Crippen LogP contribution in [-0.4, -0.2) is 19.7 Å². The molecule has 0 saturated heterocycles. The Labute approximate surface area is 113 Å². The Morgan fingerprint density at radius 1 is 1.45 bits per heavy atom. The topological polar surface area (TPSA) is 132 Å². The fourth-order valence-electron chi connectivity index (χ4n) is 1.78. The molecule has 2 aromatic rings. The Bertz CT molecular complexity index is 714. The van der Waals surface area contributed by atoms with Crippen LogP contribution in [0.3, 0.4) is 0 Å². The molecular formula is C11H16N6O3. The minimum Gasteiger partial charge on any atom is -0.383 e. The smallest absolute Gasteiger partial charge is 0.330 e. The fourth-order valence-corrected chi connectivity index (χ4v) is 1.78. The van der Waals surface area contributed by atoms with Gasteiger partial charge in [-0.25, -0.2) is 4.79 Å². The molecule has 108 valence electrons. The molecule has 9 nitrogen and oxygen atoms in total. The summed E-state index contributed by atoms with van der Waals surface area (Å²) in [6, 6.07) is 0. The normalized spacial score (nSPS) is 10.7. The van der Waals surface area contributed by atoms with Crippen molar-refractivity contribution in [1.29, 1.82) is 0 Å². The molecule has 2 heterocycles. The molecule has 0 radical (unpaired) electrons. The maximum atomic E-state index is 11.8. The van der Waals surface area contributed by atoms with E-state index in [0.29, 0.717) is 18.3 Å². The average Bonchev–Trinajstić information content (AvgIpc) is 2.80. The molecule has 0 unspecified atom stereocenters. The van der Waals surface area contributed by atoms with Crippen LogP contribution in [0.15, 0.2) is 14.1 Å². The Kier molecular flexibility index (Phi) is 3.87. The second-order valence-electron chi connectivity index (χ2n) is 4.25. The van der Waals surface area contributed by atoms with E-state index in [2.05, 4.69) is 20.4 Å². The van der Waals surface area contributed by atoms with Gasteiger partial charge in [0.1, 0.15) is 11.5 Å². The van der Waals surface area contributed by atoms with Crippen LogP contribution in [0.5, 0.6) is 0 Å². The molecule has 2 rings (SSSR count). The number of aromatic amines is 1. The quantitative estimate of drug-likeness (QED) is 0.692. The van der Waals surface area contributed by atoms with E-state index in [0.717, 1.165) is 6.42 Å². The van der Waals surface area contributed by atoms with E-state index < -0.39 is 11.2 Å². The average molecular weight is 280 g/mol. The van der Waals surface area contributed by atoms with Crippen molar-refractivity contribution in [2.45, 2.75) is 33.4 Å². The summed E-state index contributed by atoms with van der Waals surface area (Å²) in [5.74, 6) is 0.926. The van der Waals surface area contributed by atoms with Crippen molar-refractivity contribution in [3.63, 3.8) is 0 Å². The van der Waals surface area contributed by atoms with Crippen molar-refractivity contribution in [3.8, 4) is 0 Å². The zero-order valence-electron chi connectivity index (χ0n) is 11.3. The van der Waals surface area contributed by atoms with Crippen molar-refractivity contribution in [2.24, 2.45) is 0 Å². The lowest BCUT2D eigenvalue weighted by Gasteiger charge is -2.12. The minimum absolute atomic E-state index is 0.0980. The second-order valence-corrected chi connectivity index (χ2v) is 4.25. The van der Waals surface area contributed by atoms with Gasteiger partial charge in [0, 0.05) is 13.5 Å². The van der Waals surface area contributed by atoms with Crippen LogP contribution in [-0.2, 0) is 13.1 Å². The molecule has 0 atom stereocenters. The molecule has 0 saturated carbocycles. The van der Waals surface area contributed by atoms with Gasteiger partial charge in [0.25, 0.3) is 5.56 Å². The number of nitrogens with two attached hydrogens (primary N) is 1. The van der Waals surface area contributed by atoms with E-state index in [1.807, 2.05) is 6.92 Å². The molecule has 0 aromatic carbocycles. The van der Waals surface area contributed by atoms with Crippen molar-refractivity contribution < 1.29 is 4.52 Å².